The highest BCUT2D eigenvalue weighted by molar-refractivity contribution is 6.31. The minimum absolute atomic E-state index is 0.117. The van der Waals surface area contributed by atoms with Gasteiger partial charge < -0.3 is 5.32 Å². The van der Waals surface area contributed by atoms with Crippen LogP contribution in [0.2, 0.25) is 5.02 Å². The van der Waals surface area contributed by atoms with Crippen molar-refractivity contribution in [1.29, 1.82) is 0 Å². The van der Waals surface area contributed by atoms with E-state index in [4.69, 9.17) is 11.6 Å². The van der Waals surface area contributed by atoms with E-state index in [1.807, 2.05) is 0 Å². The summed E-state index contributed by atoms with van der Waals surface area (Å²) in [6.07, 6.45) is 0.611. The minimum Gasteiger partial charge on any atom is -0.313 e. The van der Waals surface area contributed by atoms with Crippen LogP contribution in [0.5, 0.6) is 0 Å². The van der Waals surface area contributed by atoms with Crippen molar-refractivity contribution >= 4 is 11.6 Å². The monoisotopic (exact) mass is 281 g/mol. The summed E-state index contributed by atoms with van der Waals surface area (Å²) in [6.45, 7) is 0. The molecule has 0 bridgehead atoms. The van der Waals surface area contributed by atoms with Gasteiger partial charge in [0.15, 0.2) is 0 Å². The van der Waals surface area contributed by atoms with E-state index in [0.29, 0.717) is 17.0 Å². The predicted molar refractivity (Wildman–Crippen MR) is 73.3 cm³/mol. The zero-order valence-electron chi connectivity index (χ0n) is 10.5. The lowest BCUT2D eigenvalue weighted by molar-refractivity contribution is 0.576. The lowest BCUT2D eigenvalue weighted by atomic mass is 9.99. The smallest absolute Gasteiger partial charge is 0.123 e. The third-order valence-electron chi connectivity index (χ3n) is 3.04. The van der Waals surface area contributed by atoms with Gasteiger partial charge in [-0.1, -0.05) is 23.7 Å². The molecule has 2 rings (SSSR count). The molecule has 0 aliphatic heterocycles. The van der Waals surface area contributed by atoms with E-state index >= 15 is 0 Å². The molecule has 100 valence electrons. The molecule has 0 aliphatic carbocycles. The Morgan fingerprint density at radius 1 is 1.05 bits per heavy atom. The summed E-state index contributed by atoms with van der Waals surface area (Å²) >= 11 is 6.09. The molecule has 0 heterocycles. The second kappa shape index (κ2) is 6.13. The first-order chi connectivity index (χ1) is 9.10. The van der Waals surface area contributed by atoms with Gasteiger partial charge in [0, 0.05) is 11.1 Å². The Morgan fingerprint density at radius 3 is 2.32 bits per heavy atom. The Bertz CT molecular complexity index is 555. The Hall–Kier alpha value is -1.45. The number of likely N-dealkylation sites (N-methyl/N-ethyl adjacent to an activating group) is 1. The maximum absolute atomic E-state index is 13.3. The fourth-order valence-electron chi connectivity index (χ4n) is 2.01. The van der Waals surface area contributed by atoms with Crippen LogP contribution in [0.3, 0.4) is 0 Å². The van der Waals surface area contributed by atoms with Gasteiger partial charge in [0.25, 0.3) is 0 Å². The molecule has 1 N–H and O–H groups in total. The maximum Gasteiger partial charge on any atom is 0.123 e. The van der Waals surface area contributed by atoms with Gasteiger partial charge in [-0.3, -0.25) is 0 Å². The highest BCUT2D eigenvalue weighted by Crippen LogP contribution is 2.26. The SMILES string of the molecule is CNC(Cc1ccc(F)cc1)c1cc(F)ccc1Cl. The first kappa shape index (κ1) is 14.0. The van der Waals surface area contributed by atoms with Crippen molar-refractivity contribution < 1.29 is 8.78 Å². The summed E-state index contributed by atoms with van der Waals surface area (Å²) in [5.41, 5.74) is 1.66. The van der Waals surface area contributed by atoms with Gasteiger partial charge in [-0.05, 0) is 54.9 Å². The Labute approximate surface area is 116 Å². The van der Waals surface area contributed by atoms with Crippen LogP contribution in [0.25, 0.3) is 0 Å². The van der Waals surface area contributed by atoms with Gasteiger partial charge in [-0.25, -0.2) is 8.78 Å². The molecule has 0 saturated carbocycles. The molecule has 1 nitrogen and oxygen atoms in total. The summed E-state index contributed by atoms with van der Waals surface area (Å²) in [6, 6.07) is 10.4. The highest BCUT2D eigenvalue weighted by Gasteiger charge is 2.14. The molecular formula is C15H14ClF2N. The lowest BCUT2D eigenvalue weighted by Crippen LogP contribution is -2.19. The lowest BCUT2D eigenvalue weighted by Gasteiger charge is -2.18. The van der Waals surface area contributed by atoms with Crippen LogP contribution in [-0.4, -0.2) is 7.05 Å². The largest absolute Gasteiger partial charge is 0.313 e. The molecular weight excluding hydrogens is 268 g/mol. The summed E-state index contributed by atoms with van der Waals surface area (Å²) < 4.78 is 26.2. The number of nitrogens with one attached hydrogen (secondary N) is 1. The maximum atomic E-state index is 13.3. The predicted octanol–water partition coefficient (Wildman–Crippen LogP) is 4.12. The van der Waals surface area contributed by atoms with Crippen molar-refractivity contribution in [1.82, 2.24) is 5.32 Å². The van der Waals surface area contributed by atoms with Gasteiger partial charge in [0.05, 0.1) is 0 Å². The van der Waals surface area contributed by atoms with E-state index in [1.54, 1.807) is 25.2 Å². The summed E-state index contributed by atoms with van der Waals surface area (Å²) in [4.78, 5) is 0. The first-order valence-electron chi connectivity index (χ1n) is 5.97. The fourth-order valence-corrected chi connectivity index (χ4v) is 2.25. The van der Waals surface area contributed by atoms with Crippen LogP contribution in [0.4, 0.5) is 8.78 Å². The van der Waals surface area contributed by atoms with E-state index in [-0.39, 0.29) is 17.7 Å². The number of benzene rings is 2. The van der Waals surface area contributed by atoms with Crippen molar-refractivity contribution in [3.05, 3.63) is 70.2 Å². The molecule has 0 amide bonds. The molecule has 0 radical (unpaired) electrons. The molecule has 0 spiro atoms. The van der Waals surface area contributed by atoms with E-state index < -0.39 is 0 Å². The summed E-state index contributed by atoms with van der Waals surface area (Å²) in [5.74, 6) is -0.590. The Balaban J connectivity index is 2.24. The molecule has 0 aromatic heterocycles. The third kappa shape index (κ3) is 3.52. The average Bonchev–Trinajstić information content (AvgIpc) is 2.41. The van der Waals surface area contributed by atoms with Crippen LogP contribution in [0.1, 0.15) is 17.2 Å². The molecule has 2 aromatic rings. The van der Waals surface area contributed by atoms with Crippen LogP contribution in [-0.2, 0) is 6.42 Å². The van der Waals surface area contributed by atoms with Crippen molar-refractivity contribution in [2.24, 2.45) is 0 Å². The highest BCUT2D eigenvalue weighted by atomic mass is 35.5. The van der Waals surface area contributed by atoms with Crippen molar-refractivity contribution in [2.45, 2.75) is 12.5 Å². The topological polar surface area (TPSA) is 12.0 Å². The van der Waals surface area contributed by atoms with Gasteiger partial charge in [0.1, 0.15) is 11.6 Å². The number of halogens is 3. The molecule has 1 unspecified atom stereocenters. The standard InChI is InChI=1S/C15H14ClF2N/c1-19-15(8-10-2-4-11(17)5-3-10)13-9-12(18)6-7-14(13)16/h2-7,9,15,19H,8H2,1H3. The Morgan fingerprint density at radius 2 is 1.68 bits per heavy atom. The van der Waals surface area contributed by atoms with E-state index in [9.17, 15) is 8.78 Å². The van der Waals surface area contributed by atoms with Gasteiger partial charge in [-0.15, -0.1) is 0 Å². The van der Waals surface area contributed by atoms with E-state index in [2.05, 4.69) is 5.32 Å². The molecule has 1 atom stereocenters. The fraction of sp³-hybridized carbons (Fsp3) is 0.200. The molecule has 0 aliphatic rings. The van der Waals surface area contributed by atoms with Gasteiger partial charge in [0.2, 0.25) is 0 Å². The second-order valence-corrected chi connectivity index (χ2v) is 4.74. The van der Waals surface area contributed by atoms with Crippen LogP contribution < -0.4 is 5.32 Å². The number of rotatable bonds is 4. The summed E-state index contributed by atoms with van der Waals surface area (Å²) in [5, 5.41) is 3.62. The number of hydrogen-bond acceptors (Lipinski definition) is 1. The van der Waals surface area contributed by atoms with Gasteiger partial charge >= 0.3 is 0 Å². The van der Waals surface area contributed by atoms with E-state index in [0.717, 1.165) is 5.56 Å². The quantitative estimate of drug-likeness (QED) is 0.889. The zero-order valence-corrected chi connectivity index (χ0v) is 11.2. The van der Waals surface area contributed by atoms with Crippen molar-refractivity contribution in [3.8, 4) is 0 Å². The Kier molecular flexibility index (Phi) is 4.51. The molecule has 0 fully saturated rings. The molecule has 0 saturated heterocycles. The summed E-state index contributed by atoms with van der Waals surface area (Å²) in [7, 11) is 1.79. The average molecular weight is 282 g/mol. The van der Waals surface area contributed by atoms with Crippen molar-refractivity contribution in [3.63, 3.8) is 0 Å². The van der Waals surface area contributed by atoms with Crippen LogP contribution >= 0.6 is 11.6 Å². The minimum atomic E-state index is -0.321. The number of hydrogen-bond donors (Lipinski definition) is 1. The second-order valence-electron chi connectivity index (χ2n) is 4.34. The normalized spacial score (nSPS) is 12.4. The molecule has 19 heavy (non-hydrogen) atoms. The van der Waals surface area contributed by atoms with Gasteiger partial charge in [-0.2, -0.15) is 0 Å². The first-order valence-corrected chi connectivity index (χ1v) is 6.34. The zero-order chi connectivity index (χ0) is 13.8. The van der Waals surface area contributed by atoms with E-state index in [1.165, 1.54) is 24.3 Å². The third-order valence-corrected chi connectivity index (χ3v) is 3.38. The molecule has 2 aromatic carbocycles. The van der Waals surface area contributed by atoms with Crippen LogP contribution in [0.15, 0.2) is 42.5 Å². The van der Waals surface area contributed by atoms with Crippen molar-refractivity contribution in [2.75, 3.05) is 7.05 Å². The molecule has 4 heteroatoms. The van der Waals surface area contributed by atoms with Crippen LogP contribution in [0, 0.1) is 11.6 Å².